The summed E-state index contributed by atoms with van der Waals surface area (Å²) in [6, 6.07) is 17.4. The highest BCUT2D eigenvalue weighted by atomic mass is 28.4. The number of carbonyl (C=O) groups is 1. The van der Waals surface area contributed by atoms with Crippen molar-refractivity contribution in [1.82, 2.24) is 0 Å². The molecule has 0 spiro atoms. The number of aldehydes is 1. The molecule has 0 N–H and O–H groups in total. The highest BCUT2D eigenvalue weighted by molar-refractivity contribution is 6.77. The molecule has 3 rings (SSSR count). The largest absolute Gasteiger partial charge is 0.412 e. The Kier molecular flexibility index (Phi) is 8.52. The van der Waals surface area contributed by atoms with Crippen molar-refractivity contribution in [2.45, 2.75) is 102 Å². The van der Waals surface area contributed by atoms with E-state index in [2.05, 4.69) is 77.9 Å². The van der Waals surface area contributed by atoms with Crippen molar-refractivity contribution < 1.29 is 9.22 Å². The van der Waals surface area contributed by atoms with Gasteiger partial charge in [-0.1, -0.05) is 90.1 Å². The molecule has 0 radical (unpaired) electrons. The van der Waals surface area contributed by atoms with Gasteiger partial charge >= 0.3 is 0 Å². The van der Waals surface area contributed by atoms with Gasteiger partial charge in [-0.15, -0.1) is 0 Å². The molecular formula is C29H42O2Si. The Balaban J connectivity index is 1.58. The van der Waals surface area contributed by atoms with Crippen molar-refractivity contribution in [1.29, 1.82) is 0 Å². The number of hydrogen-bond acceptors (Lipinski definition) is 2. The van der Waals surface area contributed by atoms with E-state index in [1.807, 2.05) is 12.1 Å². The van der Waals surface area contributed by atoms with Crippen LogP contribution in [0.5, 0.6) is 0 Å². The molecule has 0 aliphatic heterocycles. The lowest BCUT2D eigenvalue weighted by molar-refractivity contribution is 0.112. The van der Waals surface area contributed by atoms with E-state index < -0.39 is 8.32 Å². The first-order chi connectivity index (χ1) is 15.3. The van der Waals surface area contributed by atoms with E-state index in [4.69, 9.17) is 4.43 Å². The van der Waals surface area contributed by atoms with Crippen molar-refractivity contribution in [2.75, 3.05) is 0 Å². The van der Waals surface area contributed by atoms with E-state index in [1.165, 1.54) is 42.4 Å². The van der Waals surface area contributed by atoms with Crippen LogP contribution >= 0.6 is 0 Å². The third-order valence-electron chi connectivity index (χ3n) is 7.92. The summed E-state index contributed by atoms with van der Waals surface area (Å²) < 4.78 is 6.78. The summed E-state index contributed by atoms with van der Waals surface area (Å²) >= 11 is 0. The molecule has 1 aliphatic rings. The van der Waals surface area contributed by atoms with Gasteiger partial charge in [0.2, 0.25) is 8.32 Å². The number of benzene rings is 2. The van der Waals surface area contributed by atoms with Crippen LogP contribution in [0.2, 0.25) is 16.6 Å². The Bertz CT molecular complexity index is 822. The van der Waals surface area contributed by atoms with Gasteiger partial charge in [0, 0.05) is 5.56 Å². The van der Waals surface area contributed by atoms with Crippen molar-refractivity contribution in [2.24, 2.45) is 0 Å². The first kappa shape index (κ1) is 24.9. The number of hydrogen-bond donors (Lipinski definition) is 0. The molecule has 1 fully saturated rings. The van der Waals surface area contributed by atoms with Crippen molar-refractivity contribution in [3.63, 3.8) is 0 Å². The summed E-state index contributed by atoms with van der Waals surface area (Å²) in [4.78, 5) is 10.9. The molecule has 0 unspecified atom stereocenters. The molecule has 0 bridgehead atoms. The molecule has 2 aromatic rings. The Morgan fingerprint density at radius 3 is 1.53 bits per heavy atom. The lowest BCUT2D eigenvalue weighted by Gasteiger charge is -2.42. The van der Waals surface area contributed by atoms with Crippen molar-refractivity contribution in [3.05, 3.63) is 70.8 Å². The minimum absolute atomic E-state index is 0.617. The van der Waals surface area contributed by atoms with Gasteiger partial charge in [0.25, 0.3) is 0 Å². The molecule has 0 heterocycles. The summed E-state index contributed by atoms with van der Waals surface area (Å²) in [6.45, 7) is 14.8. The predicted octanol–water partition coefficient (Wildman–Crippen LogP) is 8.63. The Morgan fingerprint density at radius 2 is 1.16 bits per heavy atom. The molecule has 0 amide bonds. The predicted molar refractivity (Wildman–Crippen MR) is 138 cm³/mol. The summed E-state index contributed by atoms with van der Waals surface area (Å²) in [6.07, 6.45) is 5.84. The first-order valence-corrected chi connectivity index (χ1v) is 14.7. The molecule has 0 aromatic heterocycles. The molecular weight excluding hydrogens is 408 g/mol. The highest BCUT2D eigenvalue weighted by Crippen LogP contribution is 2.43. The SMILES string of the molecule is CC(C)[Si](OCc1ccc(C2CCC(c3ccc(C=O)cc3)CC2)cc1)(C(C)C)C(C)C. The van der Waals surface area contributed by atoms with E-state index in [0.29, 0.717) is 28.5 Å². The van der Waals surface area contributed by atoms with E-state index in [-0.39, 0.29) is 0 Å². The molecule has 2 nitrogen and oxygen atoms in total. The quantitative estimate of drug-likeness (QED) is 0.282. The summed E-state index contributed by atoms with van der Waals surface area (Å²) in [5, 5.41) is 0. The smallest absolute Gasteiger partial charge is 0.200 e. The second-order valence-corrected chi connectivity index (χ2v) is 16.1. The van der Waals surface area contributed by atoms with E-state index in [1.54, 1.807) is 0 Å². The Labute approximate surface area is 196 Å². The zero-order valence-corrected chi connectivity index (χ0v) is 21.9. The number of rotatable bonds is 9. The van der Waals surface area contributed by atoms with Crippen LogP contribution < -0.4 is 0 Å². The topological polar surface area (TPSA) is 26.3 Å². The Morgan fingerprint density at radius 1 is 0.750 bits per heavy atom. The normalized spacial score (nSPS) is 19.7. The van der Waals surface area contributed by atoms with Crippen molar-refractivity contribution >= 4 is 14.6 Å². The van der Waals surface area contributed by atoms with Crippen LogP contribution in [-0.2, 0) is 11.0 Å². The van der Waals surface area contributed by atoms with Crippen LogP contribution in [-0.4, -0.2) is 14.6 Å². The molecule has 0 atom stereocenters. The van der Waals surface area contributed by atoms with E-state index in [9.17, 15) is 4.79 Å². The van der Waals surface area contributed by atoms with Gasteiger partial charge < -0.3 is 4.43 Å². The zero-order chi connectivity index (χ0) is 23.3. The maximum atomic E-state index is 10.9. The van der Waals surface area contributed by atoms with Gasteiger partial charge in [-0.25, -0.2) is 0 Å². The van der Waals surface area contributed by atoms with Gasteiger partial charge in [-0.2, -0.15) is 0 Å². The van der Waals surface area contributed by atoms with Gasteiger partial charge in [0.1, 0.15) is 6.29 Å². The lowest BCUT2D eigenvalue weighted by atomic mass is 9.76. The summed E-state index contributed by atoms with van der Waals surface area (Å²) in [5.41, 5.74) is 6.78. The van der Waals surface area contributed by atoms with Crippen LogP contribution in [0.15, 0.2) is 48.5 Å². The summed E-state index contributed by atoms with van der Waals surface area (Å²) in [5.74, 6) is 1.28. The molecule has 1 saturated carbocycles. The summed E-state index contributed by atoms with van der Waals surface area (Å²) in [7, 11) is -1.82. The zero-order valence-electron chi connectivity index (χ0n) is 20.9. The van der Waals surface area contributed by atoms with Crippen LogP contribution in [0.1, 0.15) is 106 Å². The minimum atomic E-state index is -1.82. The van der Waals surface area contributed by atoms with E-state index in [0.717, 1.165) is 18.5 Å². The molecule has 0 saturated heterocycles. The second kappa shape index (κ2) is 10.9. The minimum Gasteiger partial charge on any atom is -0.412 e. The maximum absolute atomic E-state index is 10.9. The van der Waals surface area contributed by atoms with E-state index >= 15 is 0 Å². The highest BCUT2D eigenvalue weighted by Gasteiger charge is 2.44. The fourth-order valence-corrected chi connectivity index (χ4v) is 11.6. The van der Waals surface area contributed by atoms with Gasteiger partial charge in [0.05, 0.1) is 6.61 Å². The second-order valence-electron chi connectivity index (χ2n) is 10.7. The monoisotopic (exact) mass is 450 g/mol. The molecule has 32 heavy (non-hydrogen) atoms. The average molecular weight is 451 g/mol. The number of carbonyl (C=O) groups excluding carboxylic acids is 1. The van der Waals surface area contributed by atoms with Crippen LogP contribution in [0.25, 0.3) is 0 Å². The third-order valence-corrected chi connectivity index (χ3v) is 14.0. The van der Waals surface area contributed by atoms with Gasteiger partial charge in [-0.3, -0.25) is 4.79 Å². The van der Waals surface area contributed by atoms with Gasteiger partial charge in [-0.05, 0) is 70.8 Å². The fraction of sp³-hybridized carbons (Fsp3) is 0.552. The molecule has 3 heteroatoms. The molecule has 2 aromatic carbocycles. The average Bonchev–Trinajstić information content (AvgIpc) is 2.79. The van der Waals surface area contributed by atoms with Gasteiger partial charge in [0.15, 0.2) is 0 Å². The maximum Gasteiger partial charge on any atom is 0.200 e. The molecule has 174 valence electrons. The lowest BCUT2D eigenvalue weighted by Crippen LogP contribution is -2.47. The Hall–Kier alpha value is -1.71. The van der Waals surface area contributed by atoms with Crippen LogP contribution in [0.3, 0.4) is 0 Å². The third kappa shape index (κ3) is 5.43. The van der Waals surface area contributed by atoms with Crippen molar-refractivity contribution in [3.8, 4) is 0 Å². The first-order valence-electron chi connectivity index (χ1n) is 12.6. The van der Waals surface area contributed by atoms with Crippen LogP contribution in [0.4, 0.5) is 0 Å². The standard InChI is InChI=1S/C29H42O2Si/c1-21(2)32(22(3)4,23(5)6)31-20-25-9-13-27(14-10-25)29-17-15-28(16-18-29)26-11-7-24(19-30)8-12-26/h7-14,19,21-23,28-29H,15-18,20H2,1-6H3. The molecule has 1 aliphatic carbocycles. The van der Waals surface area contributed by atoms with Crippen LogP contribution in [0, 0.1) is 0 Å². The fourth-order valence-electron chi connectivity index (χ4n) is 6.20.